The van der Waals surface area contributed by atoms with Crippen LogP contribution in [0.1, 0.15) is 5.56 Å². The second-order valence-corrected chi connectivity index (χ2v) is 6.40. The number of rotatable bonds is 5. The fraction of sp³-hybridized carbons (Fsp3) is 0.143. The summed E-state index contributed by atoms with van der Waals surface area (Å²) in [6, 6.07) is 12.2. The van der Waals surface area contributed by atoms with E-state index in [1.165, 1.54) is 6.07 Å². The van der Waals surface area contributed by atoms with E-state index in [1.807, 2.05) is 12.1 Å². The Morgan fingerprint density at radius 1 is 1.24 bits per heavy atom. The number of nitrogens with one attached hydrogen (secondary N) is 1. The van der Waals surface area contributed by atoms with Crippen LogP contribution in [0.5, 0.6) is 11.5 Å². The molecule has 0 radical (unpaired) electrons. The summed E-state index contributed by atoms with van der Waals surface area (Å²) >= 11 is 3.31. The third kappa shape index (κ3) is 3.75. The van der Waals surface area contributed by atoms with Crippen LogP contribution >= 0.6 is 15.9 Å². The van der Waals surface area contributed by atoms with Crippen LogP contribution in [0.4, 0.5) is 5.69 Å². The molecular weight excluding hydrogens is 356 g/mol. The van der Waals surface area contributed by atoms with Crippen molar-refractivity contribution in [1.82, 2.24) is 0 Å². The maximum atomic E-state index is 11.8. The van der Waals surface area contributed by atoms with Gasteiger partial charge in [0.05, 0.1) is 5.69 Å². The molecule has 0 saturated heterocycles. The van der Waals surface area contributed by atoms with E-state index < -0.39 is 10.0 Å². The fourth-order valence-electron chi connectivity index (χ4n) is 1.85. The maximum Gasteiger partial charge on any atom is 0.241 e. The Morgan fingerprint density at radius 3 is 2.43 bits per heavy atom. The molecule has 0 unspecified atom stereocenters. The van der Waals surface area contributed by atoms with Crippen molar-refractivity contribution in [3.63, 3.8) is 0 Å². The van der Waals surface area contributed by atoms with Gasteiger partial charge >= 0.3 is 0 Å². The molecule has 2 aromatic rings. The Labute approximate surface area is 132 Å². The molecule has 2 rings (SSSR count). The Kier molecular flexibility index (Phi) is 4.87. The largest absolute Gasteiger partial charge is 0.454 e. The number of benzene rings is 2. The molecule has 21 heavy (non-hydrogen) atoms. The van der Waals surface area contributed by atoms with Crippen molar-refractivity contribution in [2.24, 2.45) is 5.14 Å². The van der Waals surface area contributed by atoms with E-state index >= 15 is 0 Å². The Bertz CT molecular complexity index is 733. The number of sulfonamides is 1. The summed E-state index contributed by atoms with van der Waals surface area (Å²) in [5.74, 6) is 0.724. The van der Waals surface area contributed by atoms with Gasteiger partial charge < -0.3 is 10.1 Å². The molecule has 0 spiro atoms. The number of hydrogen-bond donors (Lipinski definition) is 2. The first-order valence-electron chi connectivity index (χ1n) is 6.12. The summed E-state index contributed by atoms with van der Waals surface area (Å²) in [7, 11) is -2.21. The third-order valence-electron chi connectivity index (χ3n) is 2.81. The molecule has 0 atom stereocenters. The zero-order valence-corrected chi connectivity index (χ0v) is 13.7. The van der Waals surface area contributed by atoms with Crippen LogP contribution in [-0.4, -0.2) is 15.5 Å². The van der Waals surface area contributed by atoms with Crippen molar-refractivity contribution in [3.8, 4) is 11.5 Å². The standard InChI is InChI=1S/C14H15BrN2O3S/c1-17-12-7-10(9-15)8-13(21(16,18)19)14(12)20-11-5-3-2-4-6-11/h2-8,17H,9H2,1H3,(H2,16,18,19). The Balaban J connectivity index is 2.61. The summed E-state index contributed by atoms with van der Waals surface area (Å²) in [6.45, 7) is 0. The molecule has 2 aromatic carbocycles. The molecular formula is C14H15BrN2O3S. The van der Waals surface area contributed by atoms with E-state index in [4.69, 9.17) is 9.88 Å². The molecule has 0 aromatic heterocycles. The maximum absolute atomic E-state index is 11.8. The van der Waals surface area contributed by atoms with E-state index in [0.29, 0.717) is 16.8 Å². The molecule has 112 valence electrons. The lowest BCUT2D eigenvalue weighted by atomic mass is 10.2. The van der Waals surface area contributed by atoms with E-state index in [1.54, 1.807) is 31.3 Å². The smallest absolute Gasteiger partial charge is 0.241 e. The minimum atomic E-state index is -3.90. The van der Waals surface area contributed by atoms with Crippen LogP contribution in [0.3, 0.4) is 0 Å². The van der Waals surface area contributed by atoms with Crippen LogP contribution in [-0.2, 0) is 15.4 Å². The normalized spacial score (nSPS) is 11.2. The van der Waals surface area contributed by atoms with E-state index in [-0.39, 0.29) is 10.6 Å². The van der Waals surface area contributed by atoms with Crippen molar-refractivity contribution < 1.29 is 13.2 Å². The Hall–Kier alpha value is -1.57. The molecule has 3 N–H and O–H groups in total. The van der Waals surface area contributed by atoms with Crippen LogP contribution in [0.25, 0.3) is 0 Å². The van der Waals surface area contributed by atoms with Gasteiger partial charge in [0.25, 0.3) is 0 Å². The monoisotopic (exact) mass is 370 g/mol. The SMILES string of the molecule is CNc1cc(CBr)cc(S(N)(=O)=O)c1Oc1ccccc1. The highest BCUT2D eigenvalue weighted by Crippen LogP contribution is 2.37. The van der Waals surface area contributed by atoms with Crippen molar-refractivity contribution in [2.75, 3.05) is 12.4 Å². The van der Waals surface area contributed by atoms with Crippen LogP contribution in [0.15, 0.2) is 47.4 Å². The second-order valence-electron chi connectivity index (χ2n) is 4.31. The number of para-hydroxylation sites is 1. The highest BCUT2D eigenvalue weighted by Gasteiger charge is 2.20. The molecule has 0 aliphatic rings. The first kappa shape index (κ1) is 15.8. The lowest BCUT2D eigenvalue weighted by Gasteiger charge is -2.16. The number of nitrogens with two attached hydrogens (primary N) is 1. The summed E-state index contributed by atoms with van der Waals surface area (Å²) in [5, 5.41) is 8.75. The summed E-state index contributed by atoms with van der Waals surface area (Å²) in [4.78, 5) is -0.0485. The molecule has 5 nitrogen and oxygen atoms in total. The summed E-state index contributed by atoms with van der Waals surface area (Å²) in [5.41, 5.74) is 1.34. The van der Waals surface area contributed by atoms with Gasteiger partial charge in [0.2, 0.25) is 10.0 Å². The molecule has 0 aliphatic heterocycles. The number of hydrogen-bond acceptors (Lipinski definition) is 4. The van der Waals surface area contributed by atoms with Gasteiger partial charge in [-0.2, -0.15) is 0 Å². The van der Waals surface area contributed by atoms with Gasteiger partial charge in [-0.1, -0.05) is 34.1 Å². The molecule has 0 bridgehead atoms. The lowest BCUT2D eigenvalue weighted by molar-refractivity contribution is 0.469. The predicted molar refractivity (Wildman–Crippen MR) is 86.5 cm³/mol. The first-order chi connectivity index (χ1) is 9.95. The summed E-state index contributed by atoms with van der Waals surface area (Å²) < 4.78 is 29.4. The van der Waals surface area contributed by atoms with Gasteiger partial charge in [-0.3, -0.25) is 0 Å². The quantitative estimate of drug-likeness (QED) is 0.792. The van der Waals surface area contributed by atoms with Gasteiger partial charge in [0, 0.05) is 12.4 Å². The second kappa shape index (κ2) is 6.46. The third-order valence-corrected chi connectivity index (χ3v) is 4.37. The topological polar surface area (TPSA) is 81.4 Å². The zero-order chi connectivity index (χ0) is 15.5. The van der Waals surface area contributed by atoms with Crippen molar-refractivity contribution in [1.29, 1.82) is 0 Å². The molecule has 0 aliphatic carbocycles. The van der Waals surface area contributed by atoms with Gasteiger partial charge in [0.15, 0.2) is 5.75 Å². The zero-order valence-electron chi connectivity index (χ0n) is 11.3. The van der Waals surface area contributed by atoms with Crippen LogP contribution in [0, 0.1) is 0 Å². The van der Waals surface area contributed by atoms with E-state index in [9.17, 15) is 8.42 Å². The van der Waals surface area contributed by atoms with Gasteiger partial charge in [0.1, 0.15) is 10.6 Å². The van der Waals surface area contributed by atoms with Crippen LogP contribution < -0.4 is 15.2 Å². The van der Waals surface area contributed by atoms with Gasteiger partial charge in [-0.05, 0) is 29.8 Å². The average Bonchev–Trinajstić information content (AvgIpc) is 2.47. The minimum Gasteiger partial charge on any atom is -0.454 e. The molecule has 0 saturated carbocycles. The average molecular weight is 371 g/mol. The molecule has 0 amide bonds. The molecule has 7 heteroatoms. The molecule has 0 heterocycles. The number of halogens is 1. The highest BCUT2D eigenvalue weighted by atomic mass is 79.9. The van der Waals surface area contributed by atoms with Crippen molar-refractivity contribution in [2.45, 2.75) is 10.2 Å². The van der Waals surface area contributed by atoms with Crippen LogP contribution in [0.2, 0.25) is 0 Å². The molecule has 0 fully saturated rings. The lowest BCUT2D eigenvalue weighted by Crippen LogP contribution is -2.14. The first-order valence-corrected chi connectivity index (χ1v) is 8.79. The van der Waals surface area contributed by atoms with Crippen molar-refractivity contribution >= 4 is 31.6 Å². The van der Waals surface area contributed by atoms with Gasteiger partial charge in [-0.25, -0.2) is 13.6 Å². The number of primary sulfonamides is 1. The Morgan fingerprint density at radius 2 is 1.90 bits per heavy atom. The number of ether oxygens (including phenoxy) is 1. The summed E-state index contributed by atoms with van der Waals surface area (Å²) in [6.07, 6.45) is 0. The number of anilines is 1. The van der Waals surface area contributed by atoms with E-state index in [2.05, 4.69) is 21.2 Å². The predicted octanol–water partition coefficient (Wildman–Crippen LogP) is 3.06. The fourth-order valence-corrected chi connectivity index (χ4v) is 2.89. The highest BCUT2D eigenvalue weighted by molar-refractivity contribution is 9.08. The van der Waals surface area contributed by atoms with Gasteiger partial charge in [-0.15, -0.1) is 0 Å². The van der Waals surface area contributed by atoms with Crippen molar-refractivity contribution in [3.05, 3.63) is 48.0 Å². The van der Waals surface area contributed by atoms with E-state index in [0.717, 1.165) is 5.56 Å². The number of alkyl halides is 1. The minimum absolute atomic E-state index is 0.0485.